The zero-order valence-corrected chi connectivity index (χ0v) is 17.1. The van der Waals surface area contributed by atoms with Crippen molar-refractivity contribution in [3.8, 4) is 0 Å². The summed E-state index contributed by atoms with van der Waals surface area (Å²) in [5.74, 6) is -0.418. The van der Waals surface area contributed by atoms with Gasteiger partial charge in [0.05, 0.1) is 5.71 Å². The average molecular weight is 402 g/mol. The number of allylic oxidation sites excluding steroid dienone is 1. The Bertz CT molecular complexity index is 965. The number of hydrogen-bond donors (Lipinski definition) is 0. The van der Waals surface area contributed by atoms with E-state index < -0.39 is 5.97 Å². The molecule has 29 heavy (non-hydrogen) atoms. The van der Waals surface area contributed by atoms with E-state index in [1.54, 1.807) is 11.8 Å². The van der Waals surface area contributed by atoms with Crippen molar-refractivity contribution in [3.05, 3.63) is 102 Å². The van der Waals surface area contributed by atoms with Crippen LogP contribution in [0.15, 0.2) is 106 Å². The van der Waals surface area contributed by atoms with E-state index in [-0.39, 0.29) is 0 Å². The topological polar surface area (TPSA) is 38.7 Å². The van der Waals surface area contributed by atoms with Crippen LogP contribution in [0.25, 0.3) is 6.08 Å². The summed E-state index contributed by atoms with van der Waals surface area (Å²) in [4.78, 5) is 18.5. The lowest BCUT2D eigenvalue weighted by Crippen LogP contribution is -2.04. The van der Waals surface area contributed by atoms with E-state index in [1.165, 1.54) is 11.8 Å². The van der Waals surface area contributed by atoms with Gasteiger partial charge in [0.1, 0.15) is 0 Å². The molecule has 0 fully saturated rings. The third-order valence-electron chi connectivity index (χ3n) is 4.11. The molecule has 0 amide bonds. The largest absolute Gasteiger partial charge is 0.331 e. The Balaban J connectivity index is 1.66. The predicted octanol–water partition coefficient (Wildman–Crippen LogP) is 6.60. The smallest absolute Gasteiger partial charge is 0.318 e. The Morgan fingerprint density at radius 1 is 0.897 bits per heavy atom. The van der Waals surface area contributed by atoms with Crippen molar-refractivity contribution in [1.82, 2.24) is 0 Å². The SMILES string of the molecule is CC(=O)ON=C(CCC=Cc1ccccc1)c1ccc(Sc2ccccc2)cc1. The van der Waals surface area contributed by atoms with Gasteiger partial charge in [0, 0.05) is 16.7 Å². The van der Waals surface area contributed by atoms with E-state index in [4.69, 9.17) is 4.84 Å². The minimum absolute atomic E-state index is 0.418. The first kappa shape index (κ1) is 20.6. The lowest BCUT2D eigenvalue weighted by Gasteiger charge is -2.07. The van der Waals surface area contributed by atoms with Gasteiger partial charge in [0.25, 0.3) is 0 Å². The number of oxime groups is 1. The highest BCUT2D eigenvalue weighted by Gasteiger charge is 2.06. The van der Waals surface area contributed by atoms with Gasteiger partial charge in [-0.25, -0.2) is 4.79 Å². The van der Waals surface area contributed by atoms with Crippen LogP contribution in [0.4, 0.5) is 0 Å². The molecule has 0 aromatic heterocycles. The molecule has 0 spiro atoms. The molecule has 0 aliphatic rings. The van der Waals surface area contributed by atoms with Gasteiger partial charge in [-0.1, -0.05) is 89.7 Å². The van der Waals surface area contributed by atoms with Crippen LogP contribution in [0.1, 0.15) is 30.9 Å². The molecule has 0 saturated carbocycles. The normalized spacial score (nSPS) is 11.6. The fourth-order valence-electron chi connectivity index (χ4n) is 2.71. The third kappa shape index (κ3) is 7.09. The summed E-state index contributed by atoms with van der Waals surface area (Å²) in [5, 5.41) is 4.08. The highest BCUT2D eigenvalue weighted by molar-refractivity contribution is 7.99. The highest BCUT2D eigenvalue weighted by atomic mass is 32.2. The van der Waals surface area contributed by atoms with Gasteiger partial charge in [0.2, 0.25) is 0 Å². The summed E-state index contributed by atoms with van der Waals surface area (Å²) in [6, 6.07) is 28.6. The second kappa shape index (κ2) is 11.0. The van der Waals surface area contributed by atoms with Crippen LogP contribution in [-0.4, -0.2) is 11.7 Å². The molecule has 0 radical (unpaired) electrons. The van der Waals surface area contributed by atoms with E-state index in [0.29, 0.717) is 6.42 Å². The number of nitrogens with zero attached hydrogens (tertiary/aromatic N) is 1. The zero-order valence-electron chi connectivity index (χ0n) is 16.3. The predicted molar refractivity (Wildman–Crippen MR) is 120 cm³/mol. The van der Waals surface area contributed by atoms with Gasteiger partial charge < -0.3 is 4.84 Å². The lowest BCUT2D eigenvalue weighted by molar-refractivity contribution is -0.140. The molecule has 4 heteroatoms. The maximum absolute atomic E-state index is 11.2. The van der Waals surface area contributed by atoms with Crippen molar-refractivity contribution in [2.75, 3.05) is 0 Å². The maximum atomic E-state index is 11.2. The van der Waals surface area contributed by atoms with E-state index in [2.05, 4.69) is 53.7 Å². The van der Waals surface area contributed by atoms with Crippen LogP contribution < -0.4 is 0 Å². The van der Waals surface area contributed by atoms with E-state index >= 15 is 0 Å². The molecular formula is C25H23NO2S. The molecule has 0 aliphatic carbocycles. The van der Waals surface area contributed by atoms with Crippen LogP contribution in [0.5, 0.6) is 0 Å². The summed E-state index contributed by atoms with van der Waals surface area (Å²) >= 11 is 1.71. The first-order valence-electron chi connectivity index (χ1n) is 9.50. The molecule has 0 atom stereocenters. The molecule has 0 aliphatic heterocycles. The average Bonchev–Trinajstić information content (AvgIpc) is 2.75. The second-order valence-electron chi connectivity index (χ2n) is 6.41. The summed E-state index contributed by atoms with van der Waals surface area (Å²) in [7, 11) is 0. The first-order chi connectivity index (χ1) is 14.2. The molecule has 0 unspecified atom stereocenters. The van der Waals surface area contributed by atoms with Crippen molar-refractivity contribution in [1.29, 1.82) is 0 Å². The Morgan fingerprint density at radius 2 is 1.52 bits per heavy atom. The minimum atomic E-state index is -0.418. The van der Waals surface area contributed by atoms with Crippen molar-refractivity contribution in [2.24, 2.45) is 5.16 Å². The highest BCUT2D eigenvalue weighted by Crippen LogP contribution is 2.27. The zero-order chi connectivity index (χ0) is 20.3. The van der Waals surface area contributed by atoms with Gasteiger partial charge in [0.15, 0.2) is 0 Å². The quantitative estimate of drug-likeness (QED) is 0.242. The fraction of sp³-hybridized carbons (Fsp3) is 0.120. The summed E-state index contributed by atoms with van der Waals surface area (Å²) in [5.41, 5.74) is 2.87. The van der Waals surface area contributed by atoms with Crippen LogP contribution >= 0.6 is 11.8 Å². The van der Waals surface area contributed by atoms with Gasteiger partial charge in [-0.05, 0) is 48.2 Å². The Morgan fingerprint density at radius 3 is 2.17 bits per heavy atom. The maximum Gasteiger partial charge on any atom is 0.331 e. The van der Waals surface area contributed by atoms with E-state index in [1.807, 2.05) is 48.5 Å². The van der Waals surface area contributed by atoms with Gasteiger partial charge >= 0.3 is 5.97 Å². The van der Waals surface area contributed by atoms with Crippen molar-refractivity contribution >= 4 is 29.5 Å². The van der Waals surface area contributed by atoms with Crippen LogP contribution in [-0.2, 0) is 9.63 Å². The molecule has 3 nitrogen and oxygen atoms in total. The minimum Gasteiger partial charge on any atom is -0.318 e. The van der Waals surface area contributed by atoms with Crippen LogP contribution in [0.3, 0.4) is 0 Å². The molecule has 146 valence electrons. The van der Waals surface area contributed by atoms with Crippen molar-refractivity contribution in [2.45, 2.75) is 29.6 Å². The Labute approximate surface area is 176 Å². The first-order valence-corrected chi connectivity index (χ1v) is 10.3. The molecule has 3 aromatic carbocycles. The van der Waals surface area contributed by atoms with Crippen LogP contribution in [0, 0.1) is 0 Å². The van der Waals surface area contributed by atoms with E-state index in [9.17, 15) is 4.79 Å². The second-order valence-corrected chi connectivity index (χ2v) is 7.56. The number of rotatable bonds is 8. The Kier molecular flexibility index (Phi) is 7.84. The fourth-order valence-corrected chi connectivity index (χ4v) is 3.54. The molecule has 0 bridgehead atoms. The van der Waals surface area contributed by atoms with Gasteiger partial charge in [-0.3, -0.25) is 0 Å². The van der Waals surface area contributed by atoms with Gasteiger partial charge in [-0.2, -0.15) is 0 Å². The molecule has 3 rings (SSSR count). The van der Waals surface area contributed by atoms with Crippen LogP contribution in [0.2, 0.25) is 0 Å². The number of hydrogen-bond acceptors (Lipinski definition) is 4. The standard InChI is InChI=1S/C25H23NO2S/c1-20(27)28-26-25(15-9-8-12-21-10-4-2-5-11-21)22-16-18-24(19-17-22)29-23-13-6-3-7-14-23/h2-8,10-14,16-19H,9,15H2,1H3. The third-order valence-corrected chi connectivity index (χ3v) is 5.12. The summed E-state index contributed by atoms with van der Waals surface area (Å²) in [6.07, 6.45) is 5.68. The monoisotopic (exact) mass is 401 g/mol. The molecule has 0 N–H and O–H groups in total. The summed E-state index contributed by atoms with van der Waals surface area (Å²) in [6.45, 7) is 1.36. The summed E-state index contributed by atoms with van der Waals surface area (Å²) < 4.78 is 0. The number of carbonyl (C=O) groups excluding carboxylic acids is 1. The lowest BCUT2D eigenvalue weighted by atomic mass is 10.1. The molecular weight excluding hydrogens is 378 g/mol. The molecule has 0 saturated heterocycles. The molecule has 3 aromatic rings. The van der Waals surface area contributed by atoms with Crippen molar-refractivity contribution in [3.63, 3.8) is 0 Å². The number of carbonyl (C=O) groups is 1. The van der Waals surface area contributed by atoms with E-state index in [0.717, 1.165) is 28.2 Å². The Hall–Kier alpha value is -3.11. The molecule has 0 heterocycles. The van der Waals surface area contributed by atoms with Gasteiger partial charge in [-0.15, -0.1) is 0 Å². The van der Waals surface area contributed by atoms with Crippen molar-refractivity contribution < 1.29 is 9.63 Å². The number of benzene rings is 3.